The molecule has 2 fully saturated rings. The van der Waals surface area contributed by atoms with E-state index in [1.54, 1.807) is 12.1 Å². The zero-order valence-electron chi connectivity index (χ0n) is 11.5. The molecular formula is C14H18O7. The molecule has 0 unspecified atom stereocenters. The van der Waals surface area contributed by atoms with Gasteiger partial charge < -0.3 is 34.3 Å². The van der Waals surface area contributed by atoms with Gasteiger partial charge in [0.05, 0.1) is 6.61 Å². The number of methoxy groups -OCH3 is 1. The zero-order valence-corrected chi connectivity index (χ0v) is 11.5. The molecule has 1 aromatic rings. The maximum atomic E-state index is 10.6. The Labute approximate surface area is 121 Å². The molecule has 2 saturated heterocycles. The van der Waals surface area contributed by atoms with Crippen LogP contribution in [0.1, 0.15) is 11.9 Å². The molecule has 0 aliphatic carbocycles. The number of benzene rings is 1. The summed E-state index contributed by atoms with van der Waals surface area (Å²) in [6.45, 7) is -0.000297. The van der Waals surface area contributed by atoms with E-state index < -0.39 is 36.7 Å². The van der Waals surface area contributed by atoms with Crippen LogP contribution in [0.3, 0.4) is 0 Å². The zero-order chi connectivity index (χ0) is 15.0. The van der Waals surface area contributed by atoms with Crippen LogP contribution in [0.2, 0.25) is 0 Å². The van der Waals surface area contributed by atoms with Crippen molar-refractivity contribution in [3.63, 3.8) is 0 Å². The van der Waals surface area contributed by atoms with E-state index in [9.17, 15) is 15.3 Å². The second-order valence-corrected chi connectivity index (χ2v) is 5.11. The Kier molecular flexibility index (Phi) is 3.98. The Morgan fingerprint density at radius 3 is 2.62 bits per heavy atom. The number of ether oxygens (including phenoxy) is 4. The van der Waals surface area contributed by atoms with Crippen LogP contribution >= 0.6 is 0 Å². The fourth-order valence-corrected chi connectivity index (χ4v) is 2.58. The average Bonchev–Trinajstić information content (AvgIpc) is 2.52. The Bertz CT molecular complexity index is 477. The average molecular weight is 298 g/mol. The summed E-state index contributed by atoms with van der Waals surface area (Å²) in [5.41, 5.74) is 0.694. The summed E-state index contributed by atoms with van der Waals surface area (Å²) in [6, 6.07) is 9.01. The molecule has 6 atom stereocenters. The molecule has 0 radical (unpaired) electrons. The van der Waals surface area contributed by atoms with E-state index in [-0.39, 0.29) is 6.61 Å². The Hall–Kier alpha value is -1.06. The van der Waals surface area contributed by atoms with Gasteiger partial charge in [-0.25, -0.2) is 0 Å². The predicted molar refractivity (Wildman–Crippen MR) is 68.9 cm³/mol. The molecule has 7 nitrogen and oxygen atoms in total. The van der Waals surface area contributed by atoms with Crippen LogP contribution in [0.5, 0.6) is 0 Å². The highest BCUT2D eigenvalue weighted by Gasteiger charge is 2.59. The van der Waals surface area contributed by atoms with E-state index in [1.165, 1.54) is 7.11 Å². The van der Waals surface area contributed by atoms with Crippen molar-refractivity contribution in [2.75, 3.05) is 13.7 Å². The van der Waals surface area contributed by atoms with Gasteiger partial charge >= 0.3 is 0 Å². The van der Waals surface area contributed by atoms with Gasteiger partial charge in [-0.2, -0.15) is 0 Å². The van der Waals surface area contributed by atoms with Crippen molar-refractivity contribution in [1.29, 1.82) is 0 Å². The van der Waals surface area contributed by atoms with E-state index in [0.717, 1.165) is 0 Å². The first-order chi connectivity index (χ1) is 10.1. The fraction of sp³-hybridized carbons (Fsp3) is 0.571. The second-order valence-electron chi connectivity index (χ2n) is 5.11. The second kappa shape index (κ2) is 5.62. The highest BCUT2D eigenvalue weighted by molar-refractivity contribution is 5.17. The van der Waals surface area contributed by atoms with Crippen LogP contribution in [-0.2, 0) is 18.9 Å². The van der Waals surface area contributed by atoms with Crippen molar-refractivity contribution in [3.8, 4) is 0 Å². The van der Waals surface area contributed by atoms with E-state index in [1.807, 2.05) is 18.2 Å². The lowest BCUT2D eigenvalue weighted by molar-refractivity contribution is -0.452. The Morgan fingerprint density at radius 1 is 1.24 bits per heavy atom. The summed E-state index contributed by atoms with van der Waals surface area (Å²) in [7, 11) is 1.34. The van der Waals surface area contributed by atoms with Crippen molar-refractivity contribution in [2.24, 2.45) is 0 Å². The van der Waals surface area contributed by atoms with Crippen LogP contribution in [0, 0.1) is 0 Å². The lowest BCUT2D eigenvalue weighted by Gasteiger charge is -2.50. The van der Waals surface area contributed by atoms with Gasteiger partial charge in [0.25, 0.3) is 0 Å². The van der Waals surface area contributed by atoms with E-state index >= 15 is 0 Å². The van der Waals surface area contributed by atoms with Crippen LogP contribution < -0.4 is 0 Å². The Morgan fingerprint density at radius 2 is 1.95 bits per heavy atom. The monoisotopic (exact) mass is 298 g/mol. The molecule has 0 aromatic heterocycles. The van der Waals surface area contributed by atoms with Crippen LogP contribution in [0.4, 0.5) is 0 Å². The topological polar surface area (TPSA) is 97.6 Å². The smallest absolute Gasteiger partial charge is 0.227 e. The number of aliphatic hydroxyl groups is 3. The van der Waals surface area contributed by atoms with Crippen molar-refractivity contribution < 1.29 is 34.3 Å². The third-order valence-electron chi connectivity index (χ3n) is 3.78. The van der Waals surface area contributed by atoms with Crippen LogP contribution in [0.15, 0.2) is 30.3 Å². The molecule has 21 heavy (non-hydrogen) atoms. The minimum Gasteiger partial charge on any atom is -0.385 e. The fourth-order valence-electron chi connectivity index (χ4n) is 2.58. The molecule has 7 heteroatoms. The SMILES string of the molecule is CO[C@H]1O[C@@H]2CO[C@H](c3ccccc3)O[C@]2(O)[C@H](O)[C@H]1O. The van der Waals surface area contributed by atoms with E-state index in [2.05, 4.69) is 0 Å². The molecule has 2 aliphatic heterocycles. The Balaban J connectivity index is 1.83. The molecule has 3 rings (SSSR count). The first-order valence-corrected chi connectivity index (χ1v) is 6.67. The van der Waals surface area contributed by atoms with Gasteiger partial charge in [-0.3, -0.25) is 0 Å². The standard InChI is InChI=1S/C14H18O7/c1-18-13-10(15)11(16)14(17)9(20-13)7-19-12(21-14)8-5-3-2-4-6-8/h2-6,9-13,15-17H,7H2,1H3/t9-,10-,11-,12+,13+,14+/m1/s1. The van der Waals surface area contributed by atoms with Crippen molar-refractivity contribution in [2.45, 2.75) is 36.7 Å². The molecule has 3 N–H and O–H groups in total. The number of rotatable bonds is 2. The maximum Gasteiger partial charge on any atom is 0.227 e. The molecule has 1 aromatic carbocycles. The number of hydrogen-bond donors (Lipinski definition) is 3. The third kappa shape index (κ3) is 2.47. The largest absolute Gasteiger partial charge is 0.385 e. The molecule has 0 spiro atoms. The number of hydrogen-bond acceptors (Lipinski definition) is 7. The highest BCUT2D eigenvalue weighted by Crippen LogP contribution is 2.39. The predicted octanol–water partition coefficient (Wildman–Crippen LogP) is -0.486. The highest BCUT2D eigenvalue weighted by atomic mass is 16.8. The minimum atomic E-state index is -2.06. The first-order valence-electron chi connectivity index (χ1n) is 6.67. The van der Waals surface area contributed by atoms with Gasteiger partial charge in [0.1, 0.15) is 18.3 Å². The molecule has 0 saturated carbocycles. The summed E-state index contributed by atoms with van der Waals surface area (Å²) in [4.78, 5) is 0. The summed E-state index contributed by atoms with van der Waals surface area (Å²) >= 11 is 0. The van der Waals surface area contributed by atoms with Gasteiger partial charge in [-0.1, -0.05) is 30.3 Å². The molecule has 2 aliphatic rings. The molecule has 0 amide bonds. The lowest BCUT2D eigenvalue weighted by Crippen LogP contribution is -2.70. The summed E-state index contributed by atoms with van der Waals surface area (Å²) in [5.74, 6) is -2.06. The van der Waals surface area contributed by atoms with E-state index in [4.69, 9.17) is 18.9 Å². The molecular weight excluding hydrogens is 280 g/mol. The number of aliphatic hydroxyl groups excluding tert-OH is 2. The number of fused-ring (bicyclic) bond motifs is 1. The van der Waals surface area contributed by atoms with Gasteiger partial charge in [0, 0.05) is 12.7 Å². The van der Waals surface area contributed by atoms with Crippen molar-refractivity contribution >= 4 is 0 Å². The van der Waals surface area contributed by atoms with Gasteiger partial charge in [0.15, 0.2) is 12.6 Å². The van der Waals surface area contributed by atoms with Crippen LogP contribution in [-0.4, -0.2) is 59.4 Å². The van der Waals surface area contributed by atoms with Gasteiger partial charge in [0.2, 0.25) is 5.79 Å². The maximum absolute atomic E-state index is 10.6. The van der Waals surface area contributed by atoms with Gasteiger partial charge in [-0.15, -0.1) is 0 Å². The summed E-state index contributed by atoms with van der Waals surface area (Å²) in [5, 5.41) is 30.7. The summed E-state index contributed by atoms with van der Waals surface area (Å²) < 4.78 is 21.3. The van der Waals surface area contributed by atoms with Crippen LogP contribution in [0.25, 0.3) is 0 Å². The quantitative estimate of drug-likeness (QED) is 0.678. The normalized spacial score (nSPS) is 43.3. The first kappa shape index (κ1) is 14.9. The molecule has 116 valence electrons. The van der Waals surface area contributed by atoms with E-state index in [0.29, 0.717) is 5.56 Å². The van der Waals surface area contributed by atoms with Crippen molar-refractivity contribution in [1.82, 2.24) is 0 Å². The third-order valence-corrected chi connectivity index (χ3v) is 3.78. The minimum absolute atomic E-state index is 0.000297. The molecule has 0 bridgehead atoms. The van der Waals surface area contributed by atoms with Gasteiger partial charge in [-0.05, 0) is 0 Å². The molecule has 2 heterocycles. The lowest BCUT2D eigenvalue weighted by atomic mass is 9.94. The van der Waals surface area contributed by atoms with Crippen molar-refractivity contribution in [3.05, 3.63) is 35.9 Å². The summed E-state index contributed by atoms with van der Waals surface area (Å²) in [6.07, 6.45) is -5.86.